The topological polar surface area (TPSA) is 112 Å². The molecule has 0 unspecified atom stereocenters. The zero-order valence-electron chi connectivity index (χ0n) is 14.5. The second kappa shape index (κ2) is 7.69. The van der Waals surface area contributed by atoms with Crippen LogP contribution in [0.3, 0.4) is 0 Å². The molecular formula is C18H15BrClN7O. The minimum absolute atomic E-state index is 0.223. The van der Waals surface area contributed by atoms with Crippen LogP contribution < -0.4 is 11.1 Å². The molecule has 10 heteroatoms. The predicted octanol–water partition coefficient (Wildman–Crippen LogP) is 3.42. The summed E-state index contributed by atoms with van der Waals surface area (Å²) in [5.74, 6) is 0.0454. The predicted molar refractivity (Wildman–Crippen MR) is 109 cm³/mol. The van der Waals surface area contributed by atoms with Crippen LogP contribution in [0.5, 0.6) is 0 Å². The smallest absolute Gasteiger partial charge is 0.259 e. The number of pyridine rings is 1. The van der Waals surface area contributed by atoms with Gasteiger partial charge < -0.3 is 11.1 Å². The van der Waals surface area contributed by atoms with E-state index in [0.29, 0.717) is 33.8 Å². The molecule has 142 valence electrons. The number of hydrogen-bond donors (Lipinski definition) is 2. The number of nitrogens with two attached hydrogens (primary N) is 1. The van der Waals surface area contributed by atoms with Crippen molar-refractivity contribution in [2.24, 2.45) is 5.73 Å². The molecule has 28 heavy (non-hydrogen) atoms. The van der Waals surface area contributed by atoms with Crippen molar-refractivity contribution in [3.8, 4) is 11.4 Å². The summed E-state index contributed by atoms with van der Waals surface area (Å²) in [6.07, 6.45) is 4.93. The number of benzene rings is 1. The molecule has 1 aliphatic carbocycles. The van der Waals surface area contributed by atoms with Crippen molar-refractivity contribution in [2.75, 3.05) is 5.32 Å². The fourth-order valence-corrected chi connectivity index (χ4v) is 3.08. The maximum absolute atomic E-state index is 12.7. The lowest BCUT2D eigenvalue weighted by molar-refractivity contribution is -0.111. The molecule has 3 N–H and O–H groups in total. The van der Waals surface area contributed by atoms with E-state index in [9.17, 15) is 4.79 Å². The number of tetrazole rings is 1. The van der Waals surface area contributed by atoms with Gasteiger partial charge in [-0.2, -0.15) is 4.80 Å². The summed E-state index contributed by atoms with van der Waals surface area (Å²) in [4.78, 5) is 18.5. The Balaban J connectivity index is 1.58. The number of rotatable bonds is 5. The summed E-state index contributed by atoms with van der Waals surface area (Å²) in [7, 11) is 0. The molecule has 0 saturated heterocycles. The molecule has 8 nitrogen and oxygen atoms in total. The molecule has 1 saturated carbocycles. The molecule has 1 aliphatic rings. The largest absolute Gasteiger partial charge is 0.404 e. The van der Waals surface area contributed by atoms with Crippen LogP contribution in [0, 0.1) is 0 Å². The van der Waals surface area contributed by atoms with Gasteiger partial charge in [0.2, 0.25) is 5.82 Å². The van der Waals surface area contributed by atoms with Crippen molar-refractivity contribution >= 4 is 44.7 Å². The lowest BCUT2D eigenvalue weighted by Crippen LogP contribution is -2.16. The number of nitrogens with zero attached hydrogens (tertiary/aromatic N) is 5. The standard InChI is InChI=1S/C18H15BrClN7O/c19-11-5-6-22-15(8-11)13(9-21)18(28)23-16-7-10(1-4-14(16)20)17-24-26-27(25-17)12-2-3-12/h1,4-9,12H,2-3,21H2,(H,23,28)/b13-9+. The number of aromatic nitrogens is 5. The van der Waals surface area contributed by atoms with E-state index in [-0.39, 0.29) is 5.57 Å². The van der Waals surface area contributed by atoms with Crippen molar-refractivity contribution < 1.29 is 4.79 Å². The van der Waals surface area contributed by atoms with Crippen LogP contribution in [0.25, 0.3) is 17.0 Å². The van der Waals surface area contributed by atoms with Gasteiger partial charge in [0, 0.05) is 22.4 Å². The lowest BCUT2D eigenvalue weighted by Gasteiger charge is -2.10. The Bertz CT molecular complexity index is 1080. The first-order chi connectivity index (χ1) is 13.5. The fraction of sp³-hybridized carbons (Fsp3) is 0.167. The Morgan fingerprint density at radius 2 is 2.14 bits per heavy atom. The molecule has 1 amide bonds. The van der Waals surface area contributed by atoms with Crippen molar-refractivity contribution in [3.63, 3.8) is 0 Å². The van der Waals surface area contributed by atoms with E-state index in [4.69, 9.17) is 17.3 Å². The van der Waals surface area contributed by atoms with Gasteiger partial charge in [0.25, 0.3) is 5.91 Å². The monoisotopic (exact) mass is 459 g/mol. The third kappa shape index (κ3) is 3.90. The first kappa shape index (κ1) is 18.6. The van der Waals surface area contributed by atoms with E-state index in [2.05, 4.69) is 41.6 Å². The van der Waals surface area contributed by atoms with E-state index in [1.165, 1.54) is 6.20 Å². The molecule has 0 aliphatic heterocycles. The molecule has 0 bridgehead atoms. The summed E-state index contributed by atoms with van der Waals surface area (Å²) >= 11 is 9.62. The number of halogens is 2. The quantitative estimate of drug-likeness (QED) is 0.564. The summed E-state index contributed by atoms with van der Waals surface area (Å²) in [6, 6.07) is 8.96. The highest BCUT2D eigenvalue weighted by atomic mass is 79.9. The van der Waals surface area contributed by atoms with Crippen molar-refractivity contribution in [2.45, 2.75) is 18.9 Å². The Morgan fingerprint density at radius 3 is 2.86 bits per heavy atom. The summed E-state index contributed by atoms with van der Waals surface area (Å²) in [6.45, 7) is 0. The minimum Gasteiger partial charge on any atom is -0.404 e. The van der Waals surface area contributed by atoms with Crippen molar-refractivity contribution in [1.29, 1.82) is 0 Å². The van der Waals surface area contributed by atoms with E-state index in [1.54, 1.807) is 41.3 Å². The lowest BCUT2D eigenvalue weighted by atomic mass is 10.1. The molecule has 2 heterocycles. The van der Waals surface area contributed by atoms with Crippen LogP contribution in [0.2, 0.25) is 5.02 Å². The van der Waals surface area contributed by atoms with Crippen LogP contribution >= 0.6 is 27.5 Å². The second-order valence-electron chi connectivity index (χ2n) is 6.25. The zero-order valence-corrected chi connectivity index (χ0v) is 16.9. The van der Waals surface area contributed by atoms with Gasteiger partial charge >= 0.3 is 0 Å². The van der Waals surface area contributed by atoms with E-state index in [1.807, 2.05) is 0 Å². The first-order valence-corrected chi connectivity index (χ1v) is 9.67. The van der Waals surface area contributed by atoms with Gasteiger partial charge in [-0.3, -0.25) is 9.78 Å². The number of amides is 1. The number of hydrogen-bond acceptors (Lipinski definition) is 6. The molecule has 0 radical (unpaired) electrons. The maximum atomic E-state index is 12.7. The van der Waals surface area contributed by atoms with Gasteiger partial charge in [0.1, 0.15) is 0 Å². The molecule has 1 aromatic carbocycles. The first-order valence-electron chi connectivity index (χ1n) is 8.50. The average molecular weight is 461 g/mol. The second-order valence-corrected chi connectivity index (χ2v) is 7.58. The van der Waals surface area contributed by atoms with Gasteiger partial charge in [-0.25, -0.2) is 0 Å². The minimum atomic E-state index is -0.429. The Labute approximate surface area is 173 Å². The van der Waals surface area contributed by atoms with Gasteiger partial charge in [0.15, 0.2) is 0 Å². The van der Waals surface area contributed by atoms with Crippen molar-refractivity contribution in [1.82, 2.24) is 25.2 Å². The summed E-state index contributed by atoms with van der Waals surface area (Å²) < 4.78 is 0.787. The van der Waals surface area contributed by atoms with Crippen LogP contribution in [-0.4, -0.2) is 31.1 Å². The highest BCUT2D eigenvalue weighted by Crippen LogP contribution is 2.34. The Kier molecular flexibility index (Phi) is 5.10. The summed E-state index contributed by atoms with van der Waals surface area (Å²) in [5, 5.41) is 15.7. The van der Waals surface area contributed by atoms with Crippen LogP contribution in [0.1, 0.15) is 24.6 Å². The molecule has 1 fully saturated rings. The van der Waals surface area contributed by atoms with Gasteiger partial charge in [-0.05, 0) is 48.4 Å². The van der Waals surface area contributed by atoms with E-state index >= 15 is 0 Å². The molecule has 2 aromatic heterocycles. The third-order valence-electron chi connectivity index (χ3n) is 4.18. The SMILES string of the molecule is N/C=C(/C(=O)Nc1cc(-c2nnn(C3CC3)n2)ccc1Cl)c1cc(Br)ccn1. The van der Waals surface area contributed by atoms with Gasteiger partial charge in [-0.1, -0.05) is 27.5 Å². The molecule has 4 rings (SSSR count). The van der Waals surface area contributed by atoms with Gasteiger partial charge in [-0.15, -0.1) is 10.2 Å². The van der Waals surface area contributed by atoms with Crippen LogP contribution in [0.4, 0.5) is 5.69 Å². The maximum Gasteiger partial charge on any atom is 0.259 e. The molecule has 0 spiro atoms. The molecular weight excluding hydrogens is 446 g/mol. The van der Waals surface area contributed by atoms with E-state index in [0.717, 1.165) is 17.3 Å². The summed E-state index contributed by atoms with van der Waals surface area (Å²) in [5.41, 5.74) is 7.44. The number of nitrogens with one attached hydrogen (secondary N) is 1. The van der Waals surface area contributed by atoms with Crippen LogP contribution in [-0.2, 0) is 4.79 Å². The zero-order chi connectivity index (χ0) is 19.7. The Morgan fingerprint density at radius 1 is 1.32 bits per heavy atom. The highest BCUT2D eigenvalue weighted by Gasteiger charge is 2.26. The van der Waals surface area contributed by atoms with Crippen molar-refractivity contribution in [3.05, 3.63) is 57.9 Å². The third-order valence-corrected chi connectivity index (χ3v) is 5.01. The molecule has 3 aromatic rings. The number of anilines is 1. The number of carbonyl (C=O) groups is 1. The fourth-order valence-electron chi connectivity index (χ4n) is 2.58. The van der Waals surface area contributed by atoms with Crippen LogP contribution in [0.15, 0.2) is 47.2 Å². The average Bonchev–Trinajstić information content (AvgIpc) is 3.41. The normalized spacial score (nSPS) is 14.1. The Hall–Kier alpha value is -2.78. The highest BCUT2D eigenvalue weighted by molar-refractivity contribution is 9.10. The van der Waals surface area contributed by atoms with Gasteiger partial charge in [0.05, 0.1) is 28.0 Å². The van der Waals surface area contributed by atoms with E-state index < -0.39 is 5.91 Å². The molecule has 0 atom stereocenters. The number of carbonyl (C=O) groups excluding carboxylic acids is 1.